The third-order valence-corrected chi connectivity index (χ3v) is 5.75. The Hall–Kier alpha value is -1.21. The third kappa shape index (κ3) is 3.60. The van der Waals surface area contributed by atoms with Gasteiger partial charge in [0.1, 0.15) is 17.5 Å². The second-order valence-corrected chi connectivity index (χ2v) is 8.05. The lowest BCUT2D eigenvalue weighted by Gasteiger charge is -2.49. The van der Waals surface area contributed by atoms with E-state index in [1.165, 1.54) is 6.07 Å². The normalized spacial score (nSPS) is 24.0. The molecule has 7 heteroatoms. The van der Waals surface area contributed by atoms with Gasteiger partial charge in [0, 0.05) is 35.5 Å². The van der Waals surface area contributed by atoms with E-state index in [1.807, 2.05) is 13.8 Å². The Labute approximate surface area is 159 Å². The van der Waals surface area contributed by atoms with E-state index in [-0.39, 0.29) is 48.0 Å². The Bertz CT molecular complexity index is 648. The van der Waals surface area contributed by atoms with Gasteiger partial charge in [-0.15, -0.1) is 0 Å². The van der Waals surface area contributed by atoms with Crippen molar-refractivity contribution in [1.29, 1.82) is 0 Å². The molecule has 2 N–H and O–H groups in total. The summed E-state index contributed by atoms with van der Waals surface area (Å²) in [6.07, 6.45) is 0. The van der Waals surface area contributed by atoms with E-state index >= 15 is 0 Å². The first-order valence-electron chi connectivity index (χ1n) is 8.78. The number of aryl methyl sites for hydroxylation is 1. The molecule has 0 aromatic heterocycles. The molecule has 3 atom stereocenters. The highest BCUT2D eigenvalue weighted by Gasteiger charge is 2.49. The van der Waals surface area contributed by atoms with E-state index in [0.29, 0.717) is 5.56 Å². The standard InChI is InChI=1S/C19H28ClFN2O3/c1-11-6-14(20)7-15(21)17(11)19(26)12(2)8-23(9-13(19)3)18(25)16(10-24)22(4)5/h6-7,12-13,16,24,26H,8-10H2,1-5H3/t12-,13-,16-/m1/s1. The van der Waals surface area contributed by atoms with Crippen molar-refractivity contribution < 1.29 is 19.4 Å². The van der Waals surface area contributed by atoms with Gasteiger partial charge in [-0.1, -0.05) is 25.4 Å². The molecule has 26 heavy (non-hydrogen) atoms. The molecule has 1 amide bonds. The largest absolute Gasteiger partial charge is 0.394 e. The topological polar surface area (TPSA) is 64.0 Å². The van der Waals surface area contributed by atoms with Gasteiger partial charge in [-0.2, -0.15) is 0 Å². The maximum Gasteiger partial charge on any atom is 0.242 e. The summed E-state index contributed by atoms with van der Waals surface area (Å²) >= 11 is 5.92. The molecule has 0 bridgehead atoms. The van der Waals surface area contributed by atoms with E-state index < -0.39 is 17.5 Å². The molecule has 0 spiro atoms. The van der Waals surface area contributed by atoms with Crippen LogP contribution in [0.2, 0.25) is 5.02 Å². The van der Waals surface area contributed by atoms with Crippen LogP contribution in [0.5, 0.6) is 0 Å². The minimum absolute atomic E-state index is 0.188. The van der Waals surface area contributed by atoms with Gasteiger partial charge in [-0.3, -0.25) is 9.69 Å². The Balaban J connectivity index is 2.35. The third-order valence-electron chi connectivity index (χ3n) is 5.54. The molecule has 5 nitrogen and oxygen atoms in total. The predicted molar refractivity (Wildman–Crippen MR) is 99.5 cm³/mol. The van der Waals surface area contributed by atoms with Crippen LogP contribution in [-0.2, 0) is 10.4 Å². The Morgan fingerprint density at radius 3 is 2.35 bits per heavy atom. The van der Waals surface area contributed by atoms with Gasteiger partial charge in [0.25, 0.3) is 0 Å². The molecule has 1 fully saturated rings. The van der Waals surface area contributed by atoms with Crippen molar-refractivity contribution in [2.45, 2.75) is 32.4 Å². The molecule has 0 unspecified atom stereocenters. The molecular weight excluding hydrogens is 359 g/mol. The lowest BCUT2D eigenvalue weighted by molar-refractivity contribution is -0.154. The number of amides is 1. The van der Waals surface area contributed by atoms with E-state index in [9.17, 15) is 19.4 Å². The predicted octanol–water partition coefficient (Wildman–Crippen LogP) is 2.01. The Morgan fingerprint density at radius 2 is 1.92 bits per heavy atom. The first-order chi connectivity index (χ1) is 12.0. The Kier molecular flexibility index (Phi) is 6.33. The first kappa shape index (κ1) is 21.1. The van der Waals surface area contributed by atoms with Gasteiger partial charge >= 0.3 is 0 Å². The van der Waals surface area contributed by atoms with Crippen LogP contribution in [0.15, 0.2) is 12.1 Å². The lowest BCUT2D eigenvalue weighted by atomic mass is 9.69. The highest BCUT2D eigenvalue weighted by Crippen LogP contribution is 2.44. The number of aliphatic hydroxyl groups excluding tert-OH is 1. The number of hydrogen-bond donors (Lipinski definition) is 2. The molecule has 2 rings (SSSR count). The van der Waals surface area contributed by atoms with Crippen molar-refractivity contribution in [3.63, 3.8) is 0 Å². The zero-order chi connectivity index (χ0) is 19.8. The van der Waals surface area contributed by atoms with Gasteiger partial charge < -0.3 is 15.1 Å². The summed E-state index contributed by atoms with van der Waals surface area (Å²) in [6, 6.07) is 2.23. The summed E-state index contributed by atoms with van der Waals surface area (Å²) in [5, 5.41) is 21.3. The number of carbonyl (C=O) groups is 1. The van der Waals surface area contributed by atoms with Crippen LogP contribution in [-0.4, -0.2) is 65.8 Å². The van der Waals surface area contributed by atoms with E-state index in [2.05, 4.69) is 0 Å². The van der Waals surface area contributed by atoms with Gasteiger partial charge in [0.05, 0.1) is 6.61 Å². The number of hydrogen-bond acceptors (Lipinski definition) is 4. The number of piperidine rings is 1. The summed E-state index contributed by atoms with van der Waals surface area (Å²) in [5.74, 6) is -1.48. The lowest BCUT2D eigenvalue weighted by Crippen LogP contribution is -2.59. The van der Waals surface area contributed by atoms with Crippen molar-refractivity contribution in [3.05, 3.63) is 34.1 Å². The molecule has 1 aliphatic rings. The van der Waals surface area contributed by atoms with Crippen LogP contribution < -0.4 is 0 Å². The van der Waals surface area contributed by atoms with Crippen molar-refractivity contribution >= 4 is 17.5 Å². The second kappa shape index (κ2) is 7.80. The minimum atomic E-state index is -1.40. The van der Waals surface area contributed by atoms with Crippen molar-refractivity contribution in [2.75, 3.05) is 33.8 Å². The van der Waals surface area contributed by atoms with Crippen LogP contribution in [0.1, 0.15) is 25.0 Å². The van der Waals surface area contributed by atoms with E-state index in [1.54, 1.807) is 36.9 Å². The number of carbonyl (C=O) groups excluding carboxylic acids is 1. The van der Waals surface area contributed by atoms with E-state index in [4.69, 9.17) is 11.6 Å². The fourth-order valence-corrected chi connectivity index (χ4v) is 4.31. The average molecular weight is 387 g/mol. The zero-order valence-corrected chi connectivity index (χ0v) is 16.7. The monoisotopic (exact) mass is 386 g/mol. The molecule has 1 saturated heterocycles. The number of benzene rings is 1. The van der Waals surface area contributed by atoms with Gasteiger partial charge in [0.2, 0.25) is 5.91 Å². The molecule has 1 heterocycles. The van der Waals surface area contributed by atoms with Crippen molar-refractivity contribution in [3.8, 4) is 0 Å². The number of likely N-dealkylation sites (N-methyl/N-ethyl adjacent to an activating group) is 1. The van der Waals surface area contributed by atoms with Crippen LogP contribution in [0, 0.1) is 24.6 Å². The molecule has 0 aliphatic carbocycles. The molecule has 1 aliphatic heterocycles. The van der Waals surface area contributed by atoms with Gasteiger partial charge in [0.15, 0.2) is 0 Å². The summed E-state index contributed by atoms with van der Waals surface area (Å²) in [5.41, 5.74) is -0.555. The highest BCUT2D eigenvalue weighted by atomic mass is 35.5. The molecule has 1 aromatic carbocycles. The summed E-state index contributed by atoms with van der Waals surface area (Å²) < 4.78 is 14.7. The maximum atomic E-state index is 14.7. The fraction of sp³-hybridized carbons (Fsp3) is 0.632. The van der Waals surface area contributed by atoms with Crippen LogP contribution in [0.25, 0.3) is 0 Å². The summed E-state index contributed by atoms with van der Waals surface area (Å²) in [6.45, 7) is 5.64. The van der Waals surface area contributed by atoms with Gasteiger partial charge in [-0.05, 0) is 38.7 Å². The van der Waals surface area contributed by atoms with Crippen molar-refractivity contribution in [1.82, 2.24) is 9.80 Å². The fourth-order valence-electron chi connectivity index (χ4n) is 4.05. The summed E-state index contributed by atoms with van der Waals surface area (Å²) in [4.78, 5) is 16.1. The Morgan fingerprint density at radius 1 is 1.38 bits per heavy atom. The average Bonchev–Trinajstić information content (AvgIpc) is 2.51. The number of nitrogens with zero attached hydrogens (tertiary/aromatic N) is 2. The highest BCUT2D eigenvalue weighted by molar-refractivity contribution is 6.30. The second-order valence-electron chi connectivity index (χ2n) is 7.61. The molecule has 0 saturated carbocycles. The first-order valence-corrected chi connectivity index (χ1v) is 9.16. The number of rotatable bonds is 4. The van der Waals surface area contributed by atoms with Crippen LogP contribution >= 0.6 is 11.6 Å². The molecular formula is C19H28ClFN2O3. The SMILES string of the molecule is Cc1cc(Cl)cc(F)c1C1(O)[C@H](C)CN(C(=O)[C@@H](CO)N(C)C)C[C@H]1C. The molecule has 0 radical (unpaired) electrons. The number of halogens is 2. The molecule has 1 aromatic rings. The summed E-state index contributed by atoms with van der Waals surface area (Å²) in [7, 11) is 3.47. The van der Waals surface area contributed by atoms with Crippen LogP contribution in [0.3, 0.4) is 0 Å². The number of aliphatic hydroxyl groups is 2. The smallest absolute Gasteiger partial charge is 0.242 e. The quantitative estimate of drug-likeness (QED) is 0.831. The van der Waals surface area contributed by atoms with Crippen molar-refractivity contribution in [2.24, 2.45) is 11.8 Å². The van der Waals surface area contributed by atoms with Gasteiger partial charge in [-0.25, -0.2) is 4.39 Å². The number of likely N-dealkylation sites (tertiary alicyclic amines) is 1. The van der Waals surface area contributed by atoms with Crippen LogP contribution in [0.4, 0.5) is 4.39 Å². The molecule has 146 valence electrons. The minimum Gasteiger partial charge on any atom is -0.394 e. The van der Waals surface area contributed by atoms with E-state index in [0.717, 1.165) is 0 Å². The maximum absolute atomic E-state index is 14.7. The zero-order valence-electron chi connectivity index (χ0n) is 16.0.